The molecule has 5 heteroatoms. The van der Waals surface area contributed by atoms with Crippen molar-refractivity contribution < 1.29 is 9.59 Å². The highest BCUT2D eigenvalue weighted by atomic mass is 16.2. The van der Waals surface area contributed by atoms with Gasteiger partial charge in [0.1, 0.15) is 0 Å². The second kappa shape index (κ2) is 6.39. The first-order valence-electron chi connectivity index (χ1n) is 5.87. The Morgan fingerprint density at radius 1 is 1.29 bits per heavy atom. The lowest BCUT2D eigenvalue weighted by Gasteiger charge is -2.10. The molecule has 0 aromatic carbocycles. The summed E-state index contributed by atoms with van der Waals surface area (Å²) in [4.78, 5) is 25.2. The van der Waals surface area contributed by atoms with E-state index in [2.05, 4.69) is 17.2 Å². The van der Waals surface area contributed by atoms with Gasteiger partial charge in [0, 0.05) is 19.6 Å². The summed E-state index contributed by atoms with van der Waals surface area (Å²) in [5.74, 6) is -0.334. The Morgan fingerprint density at radius 3 is 2.41 bits per heavy atom. The van der Waals surface area contributed by atoms with Crippen LogP contribution in [0.25, 0.3) is 0 Å². The van der Waals surface area contributed by atoms with E-state index in [1.807, 2.05) is 19.0 Å². The zero-order chi connectivity index (χ0) is 12.8. The van der Waals surface area contributed by atoms with Crippen molar-refractivity contribution in [2.24, 2.45) is 11.8 Å². The molecule has 1 aliphatic carbocycles. The SMILES string of the molecule is C=CCNC(=O)C1CC1C(=O)NCCN(C)C. The van der Waals surface area contributed by atoms with E-state index in [-0.39, 0.29) is 23.7 Å². The molecule has 96 valence electrons. The van der Waals surface area contributed by atoms with E-state index in [4.69, 9.17) is 0 Å². The molecule has 0 aliphatic heterocycles. The lowest BCUT2D eigenvalue weighted by molar-refractivity contribution is -0.127. The highest BCUT2D eigenvalue weighted by Crippen LogP contribution is 2.38. The Labute approximate surface area is 102 Å². The molecule has 17 heavy (non-hydrogen) atoms. The summed E-state index contributed by atoms with van der Waals surface area (Å²) < 4.78 is 0. The third-order valence-electron chi connectivity index (χ3n) is 2.74. The van der Waals surface area contributed by atoms with Crippen molar-refractivity contribution in [3.05, 3.63) is 12.7 Å². The highest BCUT2D eigenvalue weighted by Gasteiger charge is 2.47. The zero-order valence-corrected chi connectivity index (χ0v) is 10.5. The summed E-state index contributed by atoms with van der Waals surface area (Å²) in [7, 11) is 3.91. The molecule has 1 aliphatic rings. The molecule has 0 aromatic rings. The van der Waals surface area contributed by atoms with Gasteiger partial charge in [-0.25, -0.2) is 0 Å². The Hall–Kier alpha value is -1.36. The van der Waals surface area contributed by atoms with Crippen LogP contribution < -0.4 is 10.6 Å². The second-order valence-electron chi connectivity index (χ2n) is 4.58. The van der Waals surface area contributed by atoms with Gasteiger partial charge in [-0.3, -0.25) is 9.59 Å². The van der Waals surface area contributed by atoms with Gasteiger partial charge in [0.05, 0.1) is 11.8 Å². The van der Waals surface area contributed by atoms with Crippen LogP contribution in [0.1, 0.15) is 6.42 Å². The van der Waals surface area contributed by atoms with E-state index in [1.54, 1.807) is 6.08 Å². The quantitative estimate of drug-likeness (QED) is 0.594. The van der Waals surface area contributed by atoms with Gasteiger partial charge in [0.25, 0.3) is 0 Å². The molecule has 0 aromatic heterocycles. The number of nitrogens with zero attached hydrogens (tertiary/aromatic N) is 1. The summed E-state index contributed by atoms with van der Waals surface area (Å²) in [6.45, 7) is 5.43. The molecule has 0 saturated heterocycles. The molecular formula is C12H21N3O2. The van der Waals surface area contributed by atoms with Crippen molar-refractivity contribution in [1.82, 2.24) is 15.5 Å². The molecule has 2 unspecified atom stereocenters. The smallest absolute Gasteiger partial charge is 0.224 e. The minimum atomic E-state index is -0.144. The number of rotatable bonds is 7. The van der Waals surface area contributed by atoms with Gasteiger partial charge in [-0.1, -0.05) is 6.08 Å². The summed E-state index contributed by atoms with van der Waals surface area (Å²) in [5, 5.41) is 5.54. The fourth-order valence-electron chi connectivity index (χ4n) is 1.61. The largest absolute Gasteiger partial charge is 0.355 e. The van der Waals surface area contributed by atoms with Crippen LogP contribution >= 0.6 is 0 Å². The molecule has 0 spiro atoms. The van der Waals surface area contributed by atoms with Gasteiger partial charge in [-0.2, -0.15) is 0 Å². The first kappa shape index (κ1) is 13.7. The van der Waals surface area contributed by atoms with Crippen LogP contribution in [0.2, 0.25) is 0 Å². The van der Waals surface area contributed by atoms with Gasteiger partial charge < -0.3 is 15.5 Å². The van der Waals surface area contributed by atoms with E-state index in [0.717, 1.165) is 6.54 Å². The van der Waals surface area contributed by atoms with Crippen LogP contribution in [0.5, 0.6) is 0 Å². The van der Waals surface area contributed by atoms with Crippen LogP contribution in [0.15, 0.2) is 12.7 Å². The number of nitrogens with one attached hydrogen (secondary N) is 2. The average Bonchev–Trinajstić information content (AvgIpc) is 3.05. The Bertz CT molecular complexity index is 302. The normalized spacial score (nSPS) is 22.1. The van der Waals surface area contributed by atoms with E-state index in [1.165, 1.54) is 0 Å². The molecule has 5 nitrogen and oxygen atoms in total. The van der Waals surface area contributed by atoms with Crippen LogP contribution in [0.4, 0.5) is 0 Å². The van der Waals surface area contributed by atoms with E-state index >= 15 is 0 Å². The van der Waals surface area contributed by atoms with Gasteiger partial charge in [0.15, 0.2) is 0 Å². The monoisotopic (exact) mass is 239 g/mol. The molecule has 1 saturated carbocycles. The molecule has 2 atom stereocenters. The van der Waals surface area contributed by atoms with Crippen LogP contribution in [-0.4, -0.2) is 50.4 Å². The van der Waals surface area contributed by atoms with Gasteiger partial charge in [-0.05, 0) is 20.5 Å². The predicted octanol–water partition coefficient (Wildman–Crippen LogP) is -0.397. The number of hydrogen-bond donors (Lipinski definition) is 2. The van der Waals surface area contributed by atoms with Crippen LogP contribution in [0.3, 0.4) is 0 Å². The van der Waals surface area contributed by atoms with E-state index < -0.39 is 0 Å². The van der Waals surface area contributed by atoms with Gasteiger partial charge in [0.2, 0.25) is 11.8 Å². The minimum Gasteiger partial charge on any atom is -0.355 e. The van der Waals surface area contributed by atoms with E-state index in [9.17, 15) is 9.59 Å². The Balaban J connectivity index is 2.19. The summed E-state index contributed by atoms with van der Waals surface area (Å²) in [6.07, 6.45) is 2.29. The van der Waals surface area contributed by atoms with Crippen molar-refractivity contribution >= 4 is 11.8 Å². The number of likely N-dealkylation sites (N-methyl/N-ethyl adjacent to an activating group) is 1. The Morgan fingerprint density at radius 2 is 1.88 bits per heavy atom. The van der Waals surface area contributed by atoms with Crippen molar-refractivity contribution in [2.75, 3.05) is 33.7 Å². The number of amides is 2. The molecule has 0 bridgehead atoms. The lowest BCUT2D eigenvalue weighted by atomic mass is 10.3. The van der Waals surface area contributed by atoms with Crippen LogP contribution in [0, 0.1) is 11.8 Å². The third kappa shape index (κ3) is 4.56. The van der Waals surface area contributed by atoms with Crippen molar-refractivity contribution in [3.63, 3.8) is 0 Å². The van der Waals surface area contributed by atoms with Crippen molar-refractivity contribution in [2.45, 2.75) is 6.42 Å². The number of hydrogen-bond acceptors (Lipinski definition) is 3. The molecule has 1 fully saturated rings. The van der Waals surface area contributed by atoms with Gasteiger partial charge >= 0.3 is 0 Å². The topological polar surface area (TPSA) is 61.4 Å². The first-order chi connectivity index (χ1) is 8.06. The maximum atomic E-state index is 11.6. The van der Waals surface area contributed by atoms with Gasteiger partial charge in [-0.15, -0.1) is 6.58 Å². The number of carbonyl (C=O) groups is 2. The second-order valence-corrected chi connectivity index (χ2v) is 4.58. The fourth-order valence-corrected chi connectivity index (χ4v) is 1.61. The first-order valence-corrected chi connectivity index (χ1v) is 5.87. The molecule has 0 radical (unpaired) electrons. The fraction of sp³-hybridized carbons (Fsp3) is 0.667. The summed E-state index contributed by atoms with van der Waals surface area (Å²) >= 11 is 0. The molecular weight excluding hydrogens is 218 g/mol. The highest BCUT2D eigenvalue weighted by molar-refractivity contribution is 5.92. The van der Waals surface area contributed by atoms with E-state index in [0.29, 0.717) is 19.5 Å². The minimum absolute atomic E-state index is 0.00870. The van der Waals surface area contributed by atoms with Crippen LogP contribution in [-0.2, 0) is 9.59 Å². The summed E-state index contributed by atoms with van der Waals surface area (Å²) in [5.41, 5.74) is 0. The van der Waals surface area contributed by atoms with Crippen molar-refractivity contribution in [3.8, 4) is 0 Å². The summed E-state index contributed by atoms with van der Waals surface area (Å²) in [6, 6.07) is 0. The average molecular weight is 239 g/mol. The predicted molar refractivity (Wildman–Crippen MR) is 66.4 cm³/mol. The molecule has 1 rings (SSSR count). The maximum absolute atomic E-state index is 11.6. The Kier molecular flexibility index (Phi) is 5.15. The van der Waals surface area contributed by atoms with Crippen molar-refractivity contribution in [1.29, 1.82) is 0 Å². The molecule has 2 N–H and O–H groups in total. The maximum Gasteiger partial charge on any atom is 0.224 e. The zero-order valence-electron chi connectivity index (χ0n) is 10.5. The lowest BCUT2D eigenvalue weighted by Crippen LogP contribution is -2.34. The standard InChI is InChI=1S/C12H21N3O2/c1-4-5-13-11(16)9-8-10(9)12(17)14-6-7-15(2)3/h4,9-10H,1,5-8H2,2-3H3,(H,13,16)(H,14,17). The molecule has 0 heterocycles. The third-order valence-corrected chi connectivity index (χ3v) is 2.74. The number of carbonyl (C=O) groups excluding carboxylic acids is 2. The molecule has 2 amide bonds.